The molecule has 0 heterocycles. The first-order chi connectivity index (χ1) is 13.5. The molecular formula is C16H37O10P3. The first-order valence-electron chi connectivity index (χ1n) is 10.3. The van der Waals surface area contributed by atoms with Gasteiger partial charge in [0.05, 0.1) is 6.61 Å². The predicted molar refractivity (Wildman–Crippen MR) is 110 cm³/mol. The third-order valence-corrected chi connectivity index (χ3v) is 8.00. The van der Waals surface area contributed by atoms with Gasteiger partial charge in [-0.15, -0.1) is 0 Å². The van der Waals surface area contributed by atoms with E-state index in [0.717, 1.165) is 25.7 Å². The summed E-state index contributed by atoms with van der Waals surface area (Å²) >= 11 is 0. The second-order valence-corrected chi connectivity index (χ2v) is 11.4. The average Bonchev–Trinajstić information content (AvgIpc) is 2.55. The SMILES string of the molecule is CCCCCCCCCCCCCCCCOP(=O)(O)OP(=O)(O)OP(=O)(O)O. The summed E-state index contributed by atoms with van der Waals surface area (Å²) in [5.41, 5.74) is 0. The maximum absolute atomic E-state index is 11.5. The van der Waals surface area contributed by atoms with E-state index in [4.69, 9.17) is 14.7 Å². The Morgan fingerprint density at radius 1 is 0.552 bits per heavy atom. The smallest absolute Gasteiger partial charge is 0.302 e. The molecule has 0 aromatic carbocycles. The Morgan fingerprint density at radius 2 is 0.931 bits per heavy atom. The molecule has 176 valence electrons. The second kappa shape index (κ2) is 16.1. The third-order valence-electron chi connectivity index (χ3n) is 4.17. The Labute approximate surface area is 173 Å². The molecule has 10 nitrogen and oxygen atoms in total. The lowest BCUT2D eigenvalue weighted by Crippen LogP contribution is -1.98. The van der Waals surface area contributed by atoms with Gasteiger partial charge in [-0.2, -0.15) is 8.62 Å². The zero-order valence-electron chi connectivity index (χ0n) is 17.2. The summed E-state index contributed by atoms with van der Waals surface area (Å²) in [4.78, 5) is 35.2. The Morgan fingerprint density at radius 3 is 1.31 bits per heavy atom. The zero-order chi connectivity index (χ0) is 22.2. The number of rotatable bonds is 20. The van der Waals surface area contributed by atoms with Gasteiger partial charge in [0.1, 0.15) is 0 Å². The fourth-order valence-electron chi connectivity index (χ4n) is 2.78. The van der Waals surface area contributed by atoms with Gasteiger partial charge in [0.2, 0.25) is 0 Å². The Bertz CT molecular complexity index is 551. The minimum Gasteiger partial charge on any atom is -0.302 e. The highest BCUT2D eigenvalue weighted by Crippen LogP contribution is 2.66. The highest BCUT2D eigenvalue weighted by atomic mass is 31.3. The molecule has 0 fully saturated rings. The molecule has 0 aromatic rings. The molecule has 13 heteroatoms. The predicted octanol–water partition coefficient (Wildman–Crippen LogP) is 5.81. The van der Waals surface area contributed by atoms with Crippen LogP contribution in [0.1, 0.15) is 96.8 Å². The van der Waals surface area contributed by atoms with E-state index in [-0.39, 0.29) is 6.61 Å². The molecule has 0 aromatic heterocycles. The average molecular weight is 482 g/mol. The summed E-state index contributed by atoms with van der Waals surface area (Å²) in [6.07, 6.45) is 16.0. The van der Waals surface area contributed by atoms with E-state index >= 15 is 0 Å². The molecule has 0 radical (unpaired) electrons. The fourth-order valence-corrected chi connectivity index (χ4v) is 5.83. The second-order valence-electron chi connectivity index (χ2n) is 7.02. The molecule has 0 saturated carbocycles. The minimum atomic E-state index is -5.43. The molecule has 0 aliphatic heterocycles. The van der Waals surface area contributed by atoms with Crippen LogP contribution in [0, 0.1) is 0 Å². The number of phosphoric acid groups is 3. The van der Waals surface area contributed by atoms with Gasteiger partial charge in [-0.3, -0.25) is 4.52 Å². The molecular weight excluding hydrogens is 445 g/mol. The molecule has 0 saturated heterocycles. The van der Waals surface area contributed by atoms with E-state index in [1.165, 1.54) is 57.8 Å². The monoisotopic (exact) mass is 482 g/mol. The maximum atomic E-state index is 11.5. The quantitative estimate of drug-likeness (QED) is 0.123. The Balaban J connectivity index is 3.59. The van der Waals surface area contributed by atoms with Gasteiger partial charge in [-0.25, -0.2) is 13.7 Å². The van der Waals surface area contributed by atoms with Gasteiger partial charge >= 0.3 is 23.5 Å². The van der Waals surface area contributed by atoms with Gasteiger partial charge in [-0.05, 0) is 6.42 Å². The summed E-state index contributed by atoms with van der Waals surface area (Å²) in [7, 11) is -15.8. The van der Waals surface area contributed by atoms with Crippen molar-refractivity contribution in [3.63, 3.8) is 0 Å². The zero-order valence-corrected chi connectivity index (χ0v) is 19.9. The van der Waals surface area contributed by atoms with E-state index in [0.29, 0.717) is 6.42 Å². The van der Waals surface area contributed by atoms with Crippen LogP contribution < -0.4 is 0 Å². The van der Waals surface area contributed by atoms with Crippen molar-refractivity contribution >= 4 is 23.5 Å². The third kappa shape index (κ3) is 21.4. The van der Waals surface area contributed by atoms with Crippen molar-refractivity contribution in [1.82, 2.24) is 0 Å². The lowest BCUT2D eigenvalue weighted by atomic mass is 10.0. The van der Waals surface area contributed by atoms with Crippen molar-refractivity contribution in [1.29, 1.82) is 0 Å². The van der Waals surface area contributed by atoms with Crippen molar-refractivity contribution in [2.45, 2.75) is 96.8 Å². The molecule has 0 aliphatic rings. The van der Waals surface area contributed by atoms with Crippen molar-refractivity contribution in [3.05, 3.63) is 0 Å². The Kier molecular flexibility index (Phi) is 16.3. The lowest BCUT2D eigenvalue weighted by Gasteiger charge is -2.16. The molecule has 0 amide bonds. The minimum absolute atomic E-state index is 0.193. The van der Waals surface area contributed by atoms with Crippen LogP contribution in [0.4, 0.5) is 0 Å². The van der Waals surface area contributed by atoms with Crippen molar-refractivity contribution < 1.29 is 46.4 Å². The van der Waals surface area contributed by atoms with E-state index in [2.05, 4.69) is 20.1 Å². The maximum Gasteiger partial charge on any atom is 0.490 e. The summed E-state index contributed by atoms with van der Waals surface area (Å²) in [5, 5.41) is 0. The van der Waals surface area contributed by atoms with Crippen LogP contribution in [-0.2, 0) is 26.8 Å². The van der Waals surface area contributed by atoms with Gasteiger partial charge in [0, 0.05) is 0 Å². The number of phosphoric ester groups is 1. The molecule has 0 spiro atoms. The molecule has 29 heavy (non-hydrogen) atoms. The largest absolute Gasteiger partial charge is 0.490 e. The van der Waals surface area contributed by atoms with Crippen LogP contribution in [0.2, 0.25) is 0 Å². The van der Waals surface area contributed by atoms with Crippen LogP contribution in [0.3, 0.4) is 0 Å². The van der Waals surface area contributed by atoms with Crippen LogP contribution in [0.15, 0.2) is 0 Å². The summed E-state index contributed by atoms with van der Waals surface area (Å²) in [6.45, 7) is 2.03. The lowest BCUT2D eigenvalue weighted by molar-refractivity contribution is 0.170. The topological polar surface area (TPSA) is 160 Å². The van der Waals surface area contributed by atoms with Gasteiger partial charge in [0.15, 0.2) is 0 Å². The van der Waals surface area contributed by atoms with Crippen molar-refractivity contribution in [2.75, 3.05) is 6.61 Å². The first-order valence-corrected chi connectivity index (χ1v) is 14.8. The first kappa shape index (κ1) is 29.4. The van der Waals surface area contributed by atoms with E-state index < -0.39 is 23.5 Å². The van der Waals surface area contributed by atoms with Gasteiger partial charge in [-0.1, -0.05) is 90.4 Å². The fraction of sp³-hybridized carbons (Fsp3) is 1.00. The number of unbranched alkanes of at least 4 members (excludes halogenated alkanes) is 13. The molecule has 0 bridgehead atoms. The van der Waals surface area contributed by atoms with Crippen LogP contribution in [0.5, 0.6) is 0 Å². The molecule has 2 atom stereocenters. The number of hydrogen-bond donors (Lipinski definition) is 4. The van der Waals surface area contributed by atoms with Crippen LogP contribution >= 0.6 is 23.5 Å². The normalized spacial score (nSPS) is 16.4. The summed E-state index contributed by atoms with van der Waals surface area (Å²) in [5.74, 6) is 0. The van der Waals surface area contributed by atoms with E-state index in [1.54, 1.807) is 0 Å². The summed E-state index contributed by atoms with van der Waals surface area (Å²) < 4.78 is 44.9. The highest BCUT2D eigenvalue weighted by Gasteiger charge is 2.40. The number of hydrogen-bond acceptors (Lipinski definition) is 6. The van der Waals surface area contributed by atoms with E-state index in [1.807, 2.05) is 0 Å². The Hall–Kier alpha value is 0.410. The van der Waals surface area contributed by atoms with E-state index in [9.17, 15) is 18.6 Å². The van der Waals surface area contributed by atoms with Crippen LogP contribution in [0.25, 0.3) is 0 Å². The molecule has 2 unspecified atom stereocenters. The van der Waals surface area contributed by atoms with Crippen molar-refractivity contribution in [3.8, 4) is 0 Å². The molecule has 4 N–H and O–H groups in total. The summed E-state index contributed by atoms with van der Waals surface area (Å²) in [6, 6.07) is 0. The highest BCUT2D eigenvalue weighted by molar-refractivity contribution is 7.66. The molecule has 0 aliphatic carbocycles. The van der Waals surface area contributed by atoms with Gasteiger partial charge < -0.3 is 19.6 Å². The standard InChI is InChI=1S/C16H37O10P3/c1-2-3-4-5-6-7-8-9-10-11-12-13-14-15-16-24-28(20,21)26-29(22,23)25-27(17,18)19/h2-16H2,1H3,(H,20,21)(H,22,23)(H2,17,18,19). The van der Waals surface area contributed by atoms with Crippen molar-refractivity contribution in [2.24, 2.45) is 0 Å². The van der Waals surface area contributed by atoms with Gasteiger partial charge in [0.25, 0.3) is 0 Å². The van der Waals surface area contributed by atoms with Crippen LogP contribution in [-0.4, -0.2) is 26.2 Å². The molecule has 0 rings (SSSR count).